The van der Waals surface area contributed by atoms with Crippen molar-refractivity contribution in [3.63, 3.8) is 0 Å². The van der Waals surface area contributed by atoms with E-state index in [2.05, 4.69) is 50.7 Å². The molecule has 0 unspecified atom stereocenters. The fraction of sp³-hybridized carbons (Fsp3) is 0.172. The molecule has 0 fully saturated rings. The van der Waals surface area contributed by atoms with Crippen molar-refractivity contribution in [3.8, 4) is 17.2 Å². The number of benzene rings is 4. The molecule has 0 aliphatic carbocycles. The van der Waals surface area contributed by atoms with Crippen LogP contribution in [0.3, 0.4) is 0 Å². The van der Waals surface area contributed by atoms with Gasteiger partial charge >= 0.3 is 0 Å². The van der Waals surface area contributed by atoms with Gasteiger partial charge in [0.2, 0.25) is 0 Å². The maximum absolute atomic E-state index is 12.4. The zero-order valence-electron chi connectivity index (χ0n) is 20.2. The number of fused-ring (bicyclic) bond motifs is 1. The molecular formula is C29H27BrN2O4. The van der Waals surface area contributed by atoms with Crippen LogP contribution < -0.4 is 19.6 Å². The fourth-order valence-corrected chi connectivity index (χ4v) is 4.25. The summed E-state index contributed by atoms with van der Waals surface area (Å²) in [4.78, 5) is 12.4. The van der Waals surface area contributed by atoms with E-state index in [4.69, 9.17) is 14.2 Å². The molecule has 6 nitrogen and oxygen atoms in total. The van der Waals surface area contributed by atoms with Crippen molar-refractivity contribution >= 4 is 38.8 Å². The van der Waals surface area contributed by atoms with Crippen molar-refractivity contribution in [3.05, 3.63) is 100 Å². The first-order valence-electron chi connectivity index (χ1n) is 11.6. The van der Waals surface area contributed by atoms with Crippen LogP contribution >= 0.6 is 15.9 Å². The molecule has 4 aromatic carbocycles. The van der Waals surface area contributed by atoms with E-state index in [1.165, 1.54) is 5.39 Å². The van der Waals surface area contributed by atoms with Crippen molar-refractivity contribution in [2.24, 2.45) is 5.10 Å². The van der Waals surface area contributed by atoms with Gasteiger partial charge in [-0.3, -0.25) is 4.79 Å². The molecule has 0 aliphatic rings. The number of amides is 1. The number of hydrogen-bond donors (Lipinski definition) is 1. The number of methoxy groups -OCH3 is 1. The highest BCUT2D eigenvalue weighted by atomic mass is 79.9. The molecule has 0 radical (unpaired) electrons. The number of nitrogens with zero attached hydrogens (tertiary/aromatic N) is 1. The second-order valence-corrected chi connectivity index (χ2v) is 8.89. The molecule has 0 aromatic heterocycles. The van der Waals surface area contributed by atoms with Gasteiger partial charge in [-0.15, -0.1) is 0 Å². The molecule has 184 valence electrons. The Bertz CT molecular complexity index is 1360. The van der Waals surface area contributed by atoms with E-state index in [-0.39, 0.29) is 5.91 Å². The normalized spacial score (nSPS) is 11.0. The highest BCUT2D eigenvalue weighted by molar-refractivity contribution is 9.10. The molecule has 4 rings (SSSR count). The summed E-state index contributed by atoms with van der Waals surface area (Å²) in [6.07, 6.45) is 2.48. The maximum atomic E-state index is 12.4. The van der Waals surface area contributed by atoms with Crippen LogP contribution in [0, 0.1) is 0 Å². The van der Waals surface area contributed by atoms with Crippen molar-refractivity contribution in [1.82, 2.24) is 5.43 Å². The molecule has 1 amide bonds. The summed E-state index contributed by atoms with van der Waals surface area (Å²) in [5.41, 5.74) is 4.86. The minimum Gasteiger partial charge on any atom is -0.494 e. The molecule has 0 spiro atoms. The van der Waals surface area contributed by atoms with Gasteiger partial charge in [-0.2, -0.15) is 5.10 Å². The predicted octanol–water partition coefficient (Wildman–Crippen LogP) is 6.74. The van der Waals surface area contributed by atoms with Crippen LogP contribution in [0.4, 0.5) is 0 Å². The van der Waals surface area contributed by atoms with E-state index in [1.807, 2.05) is 31.2 Å². The molecule has 0 atom stereocenters. The topological polar surface area (TPSA) is 69.2 Å². The number of ether oxygens (including phenoxy) is 3. The Morgan fingerprint density at radius 3 is 2.56 bits per heavy atom. The van der Waals surface area contributed by atoms with Crippen LogP contribution in [0.2, 0.25) is 0 Å². The van der Waals surface area contributed by atoms with Crippen LogP contribution in [0.15, 0.2) is 88.4 Å². The van der Waals surface area contributed by atoms with Gasteiger partial charge < -0.3 is 14.2 Å². The second-order valence-electron chi connectivity index (χ2n) is 8.03. The summed E-state index contributed by atoms with van der Waals surface area (Å²) >= 11 is 3.58. The molecule has 4 aromatic rings. The Kier molecular flexibility index (Phi) is 8.57. The van der Waals surface area contributed by atoms with E-state index in [0.29, 0.717) is 30.3 Å². The molecule has 0 saturated heterocycles. The van der Waals surface area contributed by atoms with Gasteiger partial charge in [-0.05, 0) is 80.6 Å². The van der Waals surface area contributed by atoms with Gasteiger partial charge in [0, 0.05) is 5.56 Å². The molecule has 36 heavy (non-hydrogen) atoms. The molecule has 0 saturated carbocycles. The van der Waals surface area contributed by atoms with Crippen LogP contribution in [0.1, 0.15) is 34.8 Å². The largest absolute Gasteiger partial charge is 0.494 e. The minimum atomic E-state index is -0.311. The summed E-state index contributed by atoms with van der Waals surface area (Å²) in [6, 6.07) is 25.0. The third-order valence-corrected chi connectivity index (χ3v) is 6.06. The summed E-state index contributed by atoms with van der Waals surface area (Å²) in [5, 5.41) is 6.41. The highest BCUT2D eigenvalue weighted by Crippen LogP contribution is 2.37. The lowest BCUT2D eigenvalue weighted by Gasteiger charge is -2.14. The predicted molar refractivity (Wildman–Crippen MR) is 146 cm³/mol. The number of carbonyl (C=O) groups is 1. The number of hydrogen-bond acceptors (Lipinski definition) is 5. The molecule has 0 heterocycles. The third-order valence-electron chi connectivity index (χ3n) is 5.47. The number of hydrazone groups is 1. The summed E-state index contributed by atoms with van der Waals surface area (Å²) in [6.45, 7) is 3.07. The van der Waals surface area contributed by atoms with Crippen molar-refractivity contribution in [2.75, 3.05) is 13.7 Å². The first-order chi connectivity index (χ1) is 17.6. The summed E-state index contributed by atoms with van der Waals surface area (Å²) < 4.78 is 18.0. The van der Waals surface area contributed by atoms with Gasteiger partial charge in [-0.25, -0.2) is 5.43 Å². The fourth-order valence-electron chi connectivity index (χ4n) is 3.68. The van der Waals surface area contributed by atoms with E-state index >= 15 is 0 Å². The third kappa shape index (κ3) is 6.23. The van der Waals surface area contributed by atoms with E-state index in [0.717, 1.165) is 33.2 Å². The first kappa shape index (κ1) is 25.3. The van der Waals surface area contributed by atoms with E-state index in [9.17, 15) is 4.79 Å². The lowest BCUT2D eigenvalue weighted by Crippen LogP contribution is -2.17. The Labute approximate surface area is 219 Å². The second kappa shape index (κ2) is 12.2. The average molecular weight is 547 g/mol. The van der Waals surface area contributed by atoms with Gasteiger partial charge in [-0.1, -0.05) is 49.4 Å². The molecule has 1 N–H and O–H groups in total. The van der Waals surface area contributed by atoms with Gasteiger partial charge in [0.1, 0.15) is 12.4 Å². The standard InChI is InChI=1S/C29H27BrN2O4/c1-3-15-35-24-13-11-22(12-14-24)29(33)32-31-18-20-16-26(30)28(27(17-20)34-2)36-19-23-9-6-8-21-7-4-5-10-25(21)23/h4-14,16-18H,3,15,19H2,1-2H3,(H,32,33)/b31-18-. The minimum absolute atomic E-state index is 0.311. The number of nitrogens with one attached hydrogen (secondary N) is 1. The SMILES string of the molecule is CCCOc1ccc(C(=O)N/N=C\c2cc(Br)c(OCc3cccc4ccccc34)c(OC)c2)cc1. The van der Waals surface area contributed by atoms with Gasteiger partial charge in [0.25, 0.3) is 5.91 Å². The number of halogens is 1. The smallest absolute Gasteiger partial charge is 0.271 e. The molecule has 0 bridgehead atoms. The van der Waals surface area contributed by atoms with Crippen molar-refractivity contribution in [1.29, 1.82) is 0 Å². The first-order valence-corrected chi connectivity index (χ1v) is 12.4. The van der Waals surface area contributed by atoms with Crippen LogP contribution in [0.25, 0.3) is 10.8 Å². The lowest BCUT2D eigenvalue weighted by atomic mass is 10.1. The number of carbonyl (C=O) groups excluding carboxylic acids is 1. The average Bonchev–Trinajstić information content (AvgIpc) is 2.91. The zero-order chi connectivity index (χ0) is 25.3. The van der Waals surface area contributed by atoms with Crippen LogP contribution in [-0.2, 0) is 6.61 Å². The Morgan fingerprint density at radius 1 is 1.00 bits per heavy atom. The van der Waals surface area contributed by atoms with Crippen LogP contribution in [-0.4, -0.2) is 25.8 Å². The van der Waals surface area contributed by atoms with Crippen LogP contribution in [0.5, 0.6) is 17.2 Å². The highest BCUT2D eigenvalue weighted by Gasteiger charge is 2.13. The zero-order valence-corrected chi connectivity index (χ0v) is 21.7. The summed E-state index contributed by atoms with van der Waals surface area (Å²) in [5.74, 6) is 1.57. The Balaban J connectivity index is 1.42. The van der Waals surface area contributed by atoms with E-state index < -0.39 is 0 Å². The van der Waals surface area contributed by atoms with Crippen molar-refractivity contribution in [2.45, 2.75) is 20.0 Å². The van der Waals surface area contributed by atoms with Gasteiger partial charge in [0.05, 0.1) is 24.4 Å². The van der Waals surface area contributed by atoms with Gasteiger partial charge in [0.15, 0.2) is 11.5 Å². The van der Waals surface area contributed by atoms with Crippen molar-refractivity contribution < 1.29 is 19.0 Å². The molecule has 7 heteroatoms. The lowest BCUT2D eigenvalue weighted by molar-refractivity contribution is 0.0955. The quantitative estimate of drug-likeness (QED) is 0.176. The molecular weight excluding hydrogens is 520 g/mol. The molecule has 0 aliphatic heterocycles. The summed E-state index contributed by atoms with van der Waals surface area (Å²) in [7, 11) is 1.59. The number of rotatable bonds is 10. The monoisotopic (exact) mass is 546 g/mol. The van der Waals surface area contributed by atoms with E-state index in [1.54, 1.807) is 43.7 Å². The maximum Gasteiger partial charge on any atom is 0.271 e. The Morgan fingerprint density at radius 2 is 1.78 bits per heavy atom. The Hall–Kier alpha value is -3.84.